The van der Waals surface area contributed by atoms with Gasteiger partial charge in [-0.05, 0) is 68.9 Å². The minimum absolute atomic E-state index is 0.0921. The Labute approximate surface area is 192 Å². The summed E-state index contributed by atoms with van der Waals surface area (Å²) in [4.78, 5) is 28.0. The molecule has 0 bridgehead atoms. The molecule has 2 aromatic rings. The van der Waals surface area contributed by atoms with Gasteiger partial charge in [-0.2, -0.15) is 0 Å². The molecule has 5 heteroatoms. The molecule has 0 radical (unpaired) electrons. The molecule has 0 heterocycles. The Hall–Kier alpha value is -2.82. The van der Waals surface area contributed by atoms with Crippen LogP contribution in [0.4, 0.5) is 0 Å². The number of hydrogen-bond acceptors (Lipinski definition) is 3. The first-order valence-corrected chi connectivity index (χ1v) is 11.7. The zero-order valence-corrected chi connectivity index (χ0v) is 19.8. The molecule has 1 aliphatic rings. The number of ether oxygens (including phenoxy) is 1. The van der Waals surface area contributed by atoms with Gasteiger partial charge < -0.3 is 15.0 Å². The number of amides is 2. The van der Waals surface area contributed by atoms with Crippen molar-refractivity contribution in [2.75, 3.05) is 6.61 Å². The van der Waals surface area contributed by atoms with E-state index in [1.54, 1.807) is 4.90 Å². The smallest absolute Gasteiger partial charge is 0.261 e. The molecular formula is C27H36N2O3. The third-order valence-corrected chi connectivity index (χ3v) is 6.42. The summed E-state index contributed by atoms with van der Waals surface area (Å²) in [7, 11) is 0. The van der Waals surface area contributed by atoms with Gasteiger partial charge >= 0.3 is 0 Å². The van der Waals surface area contributed by atoms with Gasteiger partial charge in [0.15, 0.2) is 6.61 Å². The van der Waals surface area contributed by atoms with Crippen LogP contribution in [0.3, 0.4) is 0 Å². The fourth-order valence-corrected chi connectivity index (χ4v) is 4.21. The summed E-state index contributed by atoms with van der Waals surface area (Å²) in [6.45, 7) is 8.07. The van der Waals surface area contributed by atoms with Crippen LogP contribution in [-0.4, -0.2) is 35.4 Å². The Bertz CT molecular complexity index is 934. The van der Waals surface area contributed by atoms with Gasteiger partial charge in [-0.25, -0.2) is 0 Å². The molecule has 172 valence electrons. The summed E-state index contributed by atoms with van der Waals surface area (Å²) in [6, 6.07) is 13.6. The first-order valence-electron chi connectivity index (χ1n) is 11.7. The Balaban J connectivity index is 1.74. The predicted molar refractivity (Wildman–Crippen MR) is 128 cm³/mol. The monoisotopic (exact) mass is 436 g/mol. The molecule has 5 nitrogen and oxygen atoms in total. The predicted octanol–water partition coefficient (Wildman–Crippen LogP) is 4.86. The maximum atomic E-state index is 13.3. The number of carbonyl (C=O) groups is 2. The molecule has 2 amide bonds. The quantitative estimate of drug-likeness (QED) is 0.643. The molecule has 3 rings (SSSR count). The Kier molecular flexibility index (Phi) is 8.32. The third kappa shape index (κ3) is 6.35. The molecule has 1 atom stereocenters. The Morgan fingerprint density at radius 2 is 1.75 bits per heavy atom. The summed E-state index contributed by atoms with van der Waals surface area (Å²) in [5, 5.41) is 3.17. The summed E-state index contributed by atoms with van der Waals surface area (Å²) >= 11 is 0. The van der Waals surface area contributed by atoms with Gasteiger partial charge in [0.2, 0.25) is 5.91 Å². The average Bonchev–Trinajstić information content (AvgIpc) is 2.79. The number of benzene rings is 2. The highest BCUT2D eigenvalue weighted by Crippen LogP contribution is 2.21. The van der Waals surface area contributed by atoms with E-state index in [2.05, 4.69) is 5.32 Å². The van der Waals surface area contributed by atoms with Crippen LogP contribution in [0.25, 0.3) is 0 Å². The largest absolute Gasteiger partial charge is 0.483 e. The maximum absolute atomic E-state index is 13.3. The van der Waals surface area contributed by atoms with Gasteiger partial charge in [0.1, 0.15) is 11.8 Å². The normalized spacial score (nSPS) is 15.1. The molecule has 0 spiro atoms. The van der Waals surface area contributed by atoms with Crippen molar-refractivity contribution >= 4 is 11.8 Å². The molecule has 1 saturated carbocycles. The highest BCUT2D eigenvalue weighted by atomic mass is 16.5. The van der Waals surface area contributed by atoms with E-state index in [0.29, 0.717) is 12.3 Å². The van der Waals surface area contributed by atoms with Crippen LogP contribution in [0.1, 0.15) is 61.3 Å². The lowest BCUT2D eigenvalue weighted by atomic mass is 9.95. The standard InChI is InChI=1S/C27H36N2O3/c1-19-14-15-21(3)25(16-19)32-18-26(30)29(17-23-11-9-8-10-20(23)2)22(4)27(31)28-24-12-6-5-7-13-24/h8-11,14-16,22,24H,5-7,12-13,17-18H2,1-4H3,(H,28,31)/t22-/m0/s1. The molecule has 2 aromatic carbocycles. The highest BCUT2D eigenvalue weighted by Gasteiger charge is 2.28. The number of hydrogen-bond donors (Lipinski definition) is 1. The van der Waals surface area contributed by atoms with E-state index < -0.39 is 6.04 Å². The number of nitrogens with one attached hydrogen (secondary N) is 1. The van der Waals surface area contributed by atoms with E-state index >= 15 is 0 Å². The second-order valence-corrected chi connectivity index (χ2v) is 9.03. The van der Waals surface area contributed by atoms with E-state index in [9.17, 15) is 9.59 Å². The third-order valence-electron chi connectivity index (χ3n) is 6.42. The average molecular weight is 437 g/mol. The van der Waals surface area contributed by atoms with Crippen molar-refractivity contribution < 1.29 is 14.3 Å². The lowest BCUT2D eigenvalue weighted by Gasteiger charge is -2.31. The second-order valence-electron chi connectivity index (χ2n) is 9.03. The number of carbonyl (C=O) groups excluding carboxylic acids is 2. The molecule has 0 aromatic heterocycles. The SMILES string of the molecule is Cc1ccc(C)c(OCC(=O)N(Cc2ccccc2C)[C@@H](C)C(=O)NC2CCCCC2)c1. The fourth-order valence-electron chi connectivity index (χ4n) is 4.21. The van der Waals surface area contributed by atoms with E-state index in [1.165, 1.54) is 6.42 Å². The van der Waals surface area contributed by atoms with Crippen molar-refractivity contribution in [2.24, 2.45) is 0 Å². The highest BCUT2D eigenvalue weighted by molar-refractivity contribution is 5.88. The Morgan fingerprint density at radius 3 is 2.47 bits per heavy atom. The fraction of sp³-hybridized carbons (Fsp3) is 0.481. The molecule has 1 N–H and O–H groups in total. The number of rotatable bonds is 8. The maximum Gasteiger partial charge on any atom is 0.261 e. The summed E-state index contributed by atoms with van der Waals surface area (Å²) in [5.41, 5.74) is 4.19. The van der Waals surface area contributed by atoms with Gasteiger partial charge in [0.05, 0.1) is 0 Å². The minimum atomic E-state index is -0.578. The lowest BCUT2D eigenvalue weighted by molar-refractivity contribution is -0.142. The molecule has 1 fully saturated rings. The topological polar surface area (TPSA) is 58.6 Å². The van der Waals surface area contributed by atoms with Crippen molar-refractivity contribution in [3.8, 4) is 5.75 Å². The first-order chi connectivity index (χ1) is 15.3. The van der Waals surface area contributed by atoms with Crippen LogP contribution in [-0.2, 0) is 16.1 Å². The summed E-state index contributed by atoms with van der Waals surface area (Å²) in [6.07, 6.45) is 5.55. The van der Waals surface area contributed by atoms with Gasteiger partial charge in [-0.15, -0.1) is 0 Å². The Morgan fingerprint density at radius 1 is 1.03 bits per heavy atom. The van der Waals surface area contributed by atoms with Crippen LogP contribution in [0.15, 0.2) is 42.5 Å². The van der Waals surface area contributed by atoms with Gasteiger partial charge in [-0.1, -0.05) is 55.7 Å². The van der Waals surface area contributed by atoms with Gasteiger partial charge in [-0.3, -0.25) is 9.59 Å². The van der Waals surface area contributed by atoms with Crippen molar-refractivity contribution in [1.29, 1.82) is 0 Å². The number of aryl methyl sites for hydroxylation is 3. The van der Waals surface area contributed by atoms with E-state index in [0.717, 1.165) is 47.9 Å². The van der Waals surface area contributed by atoms with Crippen molar-refractivity contribution in [3.05, 3.63) is 64.7 Å². The molecule has 0 saturated heterocycles. The second kappa shape index (κ2) is 11.2. The van der Waals surface area contributed by atoms with Crippen LogP contribution in [0.2, 0.25) is 0 Å². The van der Waals surface area contributed by atoms with E-state index in [-0.39, 0.29) is 24.5 Å². The number of nitrogens with zero attached hydrogens (tertiary/aromatic N) is 1. The summed E-state index contributed by atoms with van der Waals surface area (Å²) in [5.74, 6) is 0.416. The van der Waals surface area contributed by atoms with Crippen molar-refractivity contribution in [2.45, 2.75) is 78.4 Å². The zero-order valence-electron chi connectivity index (χ0n) is 19.8. The van der Waals surface area contributed by atoms with Crippen LogP contribution < -0.4 is 10.1 Å². The zero-order chi connectivity index (χ0) is 23.1. The van der Waals surface area contributed by atoms with Crippen LogP contribution in [0, 0.1) is 20.8 Å². The van der Waals surface area contributed by atoms with E-state index in [4.69, 9.17) is 4.74 Å². The molecule has 32 heavy (non-hydrogen) atoms. The van der Waals surface area contributed by atoms with Gasteiger partial charge in [0.25, 0.3) is 5.91 Å². The molecule has 1 aliphatic carbocycles. The first kappa shape index (κ1) is 23.8. The molecular weight excluding hydrogens is 400 g/mol. The summed E-state index contributed by atoms with van der Waals surface area (Å²) < 4.78 is 5.89. The minimum Gasteiger partial charge on any atom is -0.483 e. The van der Waals surface area contributed by atoms with Crippen LogP contribution in [0.5, 0.6) is 5.75 Å². The van der Waals surface area contributed by atoms with Crippen LogP contribution >= 0.6 is 0 Å². The lowest BCUT2D eigenvalue weighted by Crippen LogP contribution is -2.51. The van der Waals surface area contributed by atoms with Gasteiger partial charge in [0, 0.05) is 12.6 Å². The van der Waals surface area contributed by atoms with E-state index in [1.807, 2.05) is 70.2 Å². The molecule has 0 unspecified atom stereocenters. The van der Waals surface area contributed by atoms with Crippen molar-refractivity contribution in [1.82, 2.24) is 10.2 Å². The molecule has 0 aliphatic heterocycles. The van der Waals surface area contributed by atoms with Crippen molar-refractivity contribution in [3.63, 3.8) is 0 Å².